The van der Waals surface area contributed by atoms with Gasteiger partial charge in [0.15, 0.2) is 5.12 Å². The van der Waals surface area contributed by atoms with E-state index in [1.165, 1.54) is 24.3 Å². The summed E-state index contributed by atoms with van der Waals surface area (Å²) in [5.74, 6) is -0.416. The van der Waals surface area contributed by atoms with Crippen LogP contribution in [0.2, 0.25) is 5.02 Å². The average Bonchev–Trinajstić information content (AvgIpc) is 2.50. The molecular formula is C15H9ClF3NO4S. The van der Waals surface area contributed by atoms with Gasteiger partial charge in [0.05, 0.1) is 15.5 Å². The lowest BCUT2D eigenvalue weighted by molar-refractivity contribution is -0.385. The summed E-state index contributed by atoms with van der Waals surface area (Å²) in [6.45, 7) is 1.09. The van der Waals surface area contributed by atoms with E-state index in [-0.39, 0.29) is 17.2 Å². The maximum Gasteiger partial charge on any atom is 0.417 e. The molecule has 0 saturated carbocycles. The number of hydrogen-bond donors (Lipinski definition) is 0. The Labute approximate surface area is 148 Å². The zero-order valence-corrected chi connectivity index (χ0v) is 14.0. The molecule has 0 amide bonds. The van der Waals surface area contributed by atoms with E-state index in [0.29, 0.717) is 17.8 Å². The van der Waals surface area contributed by atoms with E-state index in [1.54, 1.807) is 0 Å². The zero-order valence-electron chi connectivity index (χ0n) is 12.5. The molecule has 2 rings (SSSR count). The van der Waals surface area contributed by atoms with Crippen LogP contribution in [0.5, 0.6) is 11.5 Å². The van der Waals surface area contributed by atoms with Crippen molar-refractivity contribution in [3.05, 3.63) is 57.1 Å². The molecule has 5 nitrogen and oxygen atoms in total. The molecule has 25 heavy (non-hydrogen) atoms. The number of para-hydroxylation sites is 2. The van der Waals surface area contributed by atoms with Crippen LogP contribution in [0.1, 0.15) is 12.5 Å². The molecule has 0 saturated heterocycles. The minimum absolute atomic E-state index is 0.187. The Morgan fingerprint density at radius 2 is 1.84 bits per heavy atom. The number of halogens is 4. The summed E-state index contributed by atoms with van der Waals surface area (Å²) in [6.07, 6.45) is -4.72. The van der Waals surface area contributed by atoms with Crippen LogP contribution < -0.4 is 4.74 Å². The number of hydrogen-bond acceptors (Lipinski definition) is 5. The van der Waals surface area contributed by atoms with Gasteiger partial charge in [-0.05, 0) is 30.0 Å². The van der Waals surface area contributed by atoms with Crippen LogP contribution in [-0.4, -0.2) is 10.0 Å². The number of nitrogens with zero attached hydrogens (tertiary/aromatic N) is 1. The van der Waals surface area contributed by atoms with Gasteiger partial charge in [-0.2, -0.15) is 13.2 Å². The average molecular weight is 392 g/mol. The van der Waals surface area contributed by atoms with Crippen molar-refractivity contribution in [3.63, 3.8) is 0 Å². The van der Waals surface area contributed by atoms with Crippen LogP contribution in [0, 0.1) is 10.1 Å². The van der Waals surface area contributed by atoms with Crippen molar-refractivity contribution < 1.29 is 27.6 Å². The van der Waals surface area contributed by atoms with Gasteiger partial charge in [0.1, 0.15) is 5.75 Å². The van der Waals surface area contributed by atoms with Crippen LogP contribution in [-0.2, 0) is 11.0 Å². The Kier molecular flexibility index (Phi) is 5.58. The molecule has 2 aromatic carbocycles. The van der Waals surface area contributed by atoms with E-state index in [4.69, 9.17) is 16.3 Å². The fraction of sp³-hybridized carbons (Fsp3) is 0.133. The summed E-state index contributed by atoms with van der Waals surface area (Å²) in [7, 11) is 0. The van der Waals surface area contributed by atoms with Crippen molar-refractivity contribution in [2.75, 3.05) is 0 Å². The van der Waals surface area contributed by atoms with Crippen LogP contribution in [0.3, 0.4) is 0 Å². The molecular weight excluding hydrogens is 383 g/mol. The number of carbonyl (C=O) groups excluding carboxylic acids is 1. The van der Waals surface area contributed by atoms with Crippen LogP contribution in [0.15, 0.2) is 41.3 Å². The summed E-state index contributed by atoms with van der Waals surface area (Å²) >= 11 is 6.29. The molecule has 0 spiro atoms. The lowest BCUT2D eigenvalue weighted by Gasteiger charge is -2.16. The minimum atomic E-state index is -4.72. The highest BCUT2D eigenvalue weighted by Crippen LogP contribution is 2.46. The molecule has 0 aliphatic carbocycles. The Balaban J connectivity index is 2.54. The second-order valence-electron chi connectivity index (χ2n) is 4.67. The Hall–Kier alpha value is -2.26. The van der Waals surface area contributed by atoms with Gasteiger partial charge < -0.3 is 4.74 Å². The lowest BCUT2D eigenvalue weighted by atomic mass is 10.2. The van der Waals surface area contributed by atoms with Gasteiger partial charge in [-0.3, -0.25) is 14.9 Å². The number of nitro groups is 1. The molecule has 0 aliphatic rings. The SMILES string of the molecule is CC(=O)Sc1c(C(F)(F)F)ccc(Oc2ccccc2[N+](=O)[O-])c1Cl. The first-order valence-electron chi connectivity index (χ1n) is 6.60. The topological polar surface area (TPSA) is 69.4 Å². The molecule has 0 unspecified atom stereocenters. The summed E-state index contributed by atoms with van der Waals surface area (Å²) in [5, 5.41) is 9.94. The number of thioether (sulfide) groups is 1. The van der Waals surface area contributed by atoms with Gasteiger partial charge in [0.25, 0.3) is 0 Å². The number of rotatable bonds is 4. The Morgan fingerprint density at radius 3 is 2.40 bits per heavy atom. The molecule has 0 radical (unpaired) electrons. The van der Waals surface area contributed by atoms with Crippen molar-refractivity contribution in [1.29, 1.82) is 0 Å². The number of benzene rings is 2. The van der Waals surface area contributed by atoms with Gasteiger partial charge in [-0.15, -0.1) is 0 Å². The molecule has 0 fully saturated rings. The summed E-state index contributed by atoms with van der Waals surface area (Å²) in [6, 6.07) is 7.00. The van der Waals surface area contributed by atoms with E-state index in [2.05, 4.69) is 0 Å². The smallest absolute Gasteiger partial charge is 0.417 e. The van der Waals surface area contributed by atoms with E-state index in [1.807, 2.05) is 0 Å². The predicted octanol–water partition coefficient (Wildman–Crippen LogP) is 5.70. The van der Waals surface area contributed by atoms with Crippen molar-refractivity contribution in [3.8, 4) is 11.5 Å². The Bertz CT molecular complexity index is 842. The van der Waals surface area contributed by atoms with Crippen molar-refractivity contribution in [2.24, 2.45) is 0 Å². The van der Waals surface area contributed by atoms with Crippen LogP contribution >= 0.6 is 23.4 Å². The first kappa shape index (κ1) is 19.1. The quantitative estimate of drug-likeness (QED) is 0.380. The second kappa shape index (κ2) is 7.32. The molecule has 0 heterocycles. The molecule has 0 aromatic heterocycles. The van der Waals surface area contributed by atoms with Crippen LogP contribution in [0.4, 0.5) is 18.9 Å². The summed E-state index contributed by atoms with van der Waals surface area (Å²) < 4.78 is 44.6. The highest BCUT2D eigenvalue weighted by Gasteiger charge is 2.36. The molecule has 0 aliphatic heterocycles. The minimum Gasteiger partial charge on any atom is -0.449 e. The monoisotopic (exact) mass is 391 g/mol. The molecule has 2 aromatic rings. The van der Waals surface area contributed by atoms with Gasteiger partial charge >= 0.3 is 11.9 Å². The van der Waals surface area contributed by atoms with Crippen molar-refractivity contribution in [1.82, 2.24) is 0 Å². The van der Waals surface area contributed by atoms with Crippen molar-refractivity contribution in [2.45, 2.75) is 18.0 Å². The Morgan fingerprint density at radius 1 is 1.20 bits per heavy atom. The number of nitro benzene ring substituents is 1. The number of carbonyl (C=O) groups is 1. The third-order valence-corrected chi connectivity index (χ3v) is 4.30. The summed E-state index contributed by atoms with van der Waals surface area (Å²) in [4.78, 5) is 21.0. The summed E-state index contributed by atoms with van der Waals surface area (Å²) in [5.41, 5.74) is -1.47. The van der Waals surface area contributed by atoms with E-state index >= 15 is 0 Å². The number of alkyl halides is 3. The molecule has 0 N–H and O–H groups in total. The largest absolute Gasteiger partial charge is 0.449 e. The number of ether oxygens (including phenoxy) is 1. The second-order valence-corrected chi connectivity index (χ2v) is 6.24. The maximum absolute atomic E-state index is 13.1. The highest BCUT2D eigenvalue weighted by atomic mass is 35.5. The maximum atomic E-state index is 13.1. The van der Waals surface area contributed by atoms with E-state index < -0.39 is 31.7 Å². The van der Waals surface area contributed by atoms with Gasteiger partial charge in [0, 0.05) is 17.9 Å². The molecule has 0 bridgehead atoms. The lowest BCUT2D eigenvalue weighted by Crippen LogP contribution is -2.08. The van der Waals surface area contributed by atoms with Gasteiger partial charge in [0.2, 0.25) is 5.75 Å². The molecule has 10 heteroatoms. The highest BCUT2D eigenvalue weighted by molar-refractivity contribution is 8.13. The first-order chi connectivity index (χ1) is 11.6. The molecule has 0 atom stereocenters. The standard InChI is InChI=1S/C15H9ClF3NO4S/c1-8(21)25-14-9(15(17,18)19)6-7-12(13(14)16)24-11-5-3-2-4-10(11)20(22)23/h2-7H,1H3. The van der Waals surface area contributed by atoms with E-state index in [0.717, 1.165) is 13.0 Å². The van der Waals surface area contributed by atoms with E-state index in [9.17, 15) is 28.1 Å². The first-order valence-corrected chi connectivity index (χ1v) is 7.80. The fourth-order valence-electron chi connectivity index (χ4n) is 1.90. The van der Waals surface area contributed by atoms with Crippen LogP contribution in [0.25, 0.3) is 0 Å². The zero-order chi connectivity index (χ0) is 18.8. The third kappa shape index (κ3) is 4.43. The normalized spacial score (nSPS) is 11.2. The molecule has 132 valence electrons. The van der Waals surface area contributed by atoms with Crippen molar-refractivity contribution >= 4 is 34.2 Å². The third-order valence-electron chi connectivity index (χ3n) is 2.89. The predicted molar refractivity (Wildman–Crippen MR) is 86.2 cm³/mol. The van der Waals surface area contributed by atoms with Gasteiger partial charge in [-0.1, -0.05) is 23.7 Å². The fourth-order valence-corrected chi connectivity index (χ4v) is 2.99. The van der Waals surface area contributed by atoms with Gasteiger partial charge in [-0.25, -0.2) is 0 Å².